The fraction of sp³-hybridized carbons (Fsp3) is 0.600. The van der Waals surface area contributed by atoms with Crippen LogP contribution in [-0.4, -0.2) is 14.5 Å². The molecule has 118 valence electrons. The molecule has 0 aromatic heterocycles. The normalized spacial score (nSPS) is 23.8. The lowest BCUT2D eigenvalue weighted by atomic mass is 9.98. The number of rotatable bonds is 3. The van der Waals surface area contributed by atoms with Gasteiger partial charge in [-0.15, -0.1) is 0 Å². The Morgan fingerprint density at radius 1 is 1.24 bits per heavy atom. The first-order valence-corrected chi connectivity index (χ1v) is 9.25. The second-order valence-electron chi connectivity index (χ2n) is 5.98. The Morgan fingerprint density at radius 3 is 2.62 bits per heavy atom. The van der Waals surface area contributed by atoms with Crippen molar-refractivity contribution in [1.29, 1.82) is 0 Å². The van der Waals surface area contributed by atoms with Gasteiger partial charge in [-0.05, 0) is 43.4 Å². The molecule has 4 nitrogen and oxygen atoms in total. The first-order valence-electron chi connectivity index (χ1n) is 7.39. The molecule has 3 N–H and O–H groups in total. The Labute approximate surface area is 132 Å². The van der Waals surface area contributed by atoms with E-state index in [1.165, 1.54) is 18.9 Å². The van der Waals surface area contributed by atoms with E-state index in [0.717, 1.165) is 19.3 Å². The van der Waals surface area contributed by atoms with Gasteiger partial charge in [-0.2, -0.15) is 0 Å². The molecule has 0 aliphatic heterocycles. The molecule has 0 bridgehead atoms. The first-order chi connectivity index (χ1) is 9.81. The number of aryl methyl sites for hydroxylation is 1. The molecule has 6 heteroatoms. The number of hydrogen-bond acceptors (Lipinski definition) is 3. The van der Waals surface area contributed by atoms with E-state index >= 15 is 0 Å². The third-order valence-corrected chi connectivity index (χ3v) is 6.21. The zero-order valence-corrected chi connectivity index (χ0v) is 14.1. The standard InChI is InChI=1S/C15H23ClN2O2S/c1-10-6-4-3-5-7-14(10)18-21(19,20)15-9-13(17)12(16)8-11(15)2/h8-10,14,18H,3-7,17H2,1-2H3. The zero-order chi connectivity index (χ0) is 15.6. The van der Waals surface area contributed by atoms with E-state index in [-0.39, 0.29) is 16.6 Å². The third kappa shape index (κ3) is 3.90. The number of nitrogen functional groups attached to an aromatic ring is 1. The molecule has 0 saturated heterocycles. The summed E-state index contributed by atoms with van der Waals surface area (Å²) in [5.41, 5.74) is 6.65. The van der Waals surface area contributed by atoms with Gasteiger partial charge < -0.3 is 5.73 Å². The summed E-state index contributed by atoms with van der Waals surface area (Å²) in [4.78, 5) is 0.223. The van der Waals surface area contributed by atoms with Crippen molar-refractivity contribution in [1.82, 2.24) is 4.72 Å². The van der Waals surface area contributed by atoms with E-state index in [1.54, 1.807) is 13.0 Å². The van der Waals surface area contributed by atoms with Crippen molar-refractivity contribution in [2.45, 2.75) is 56.9 Å². The summed E-state index contributed by atoms with van der Waals surface area (Å²) in [5.74, 6) is 0.354. The van der Waals surface area contributed by atoms with Gasteiger partial charge in [0.05, 0.1) is 15.6 Å². The quantitative estimate of drug-likeness (QED) is 0.658. The van der Waals surface area contributed by atoms with Crippen molar-refractivity contribution in [2.24, 2.45) is 5.92 Å². The van der Waals surface area contributed by atoms with Crippen molar-refractivity contribution in [3.05, 3.63) is 22.7 Å². The summed E-state index contributed by atoms with van der Waals surface area (Å²) >= 11 is 5.93. The average molecular weight is 331 g/mol. The van der Waals surface area contributed by atoms with E-state index in [0.29, 0.717) is 16.5 Å². The average Bonchev–Trinajstić information content (AvgIpc) is 2.59. The van der Waals surface area contributed by atoms with E-state index in [9.17, 15) is 8.42 Å². The predicted molar refractivity (Wildman–Crippen MR) is 87.0 cm³/mol. The summed E-state index contributed by atoms with van der Waals surface area (Å²) in [6.07, 6.45) is 5.37. The molecule has 2 unspecified atom stereocenters. The SMILES string of the molecule is Cc1cc(Cl)c(N)cc1S(=O)(=O)NC1CCCCCC1C. The van der Waals surface area contributed by atoms with Crippen LogP contribution in [0.15, 0.2) is 17.0 Å². The van der Waals surface area contributed by atoms with Crippen LogP contribution in [0, 0.1) is 12.8 Å². The van der Waals surface area contributed by atoms with Gasteiger partial charge in [0, 0.05) is 6.04 Å². The lowest BCUT2D eigenvalue weighted by Crippen LogP contribution is -2.39. The number of hydrogen-bond donors (Lipinski definition) is 2. The molecule has 2 atom stereocenters. The summed E-state index contributed by atoms with van der Waals surface area (Å²) in [5, 5.41) is 0.384. The van der Waals surface area contributed by atoms with Gasteiger partial charge in [0.15, 0.2) is 0 Å². The second-order valence-corrected chi connectivity index (χ2v) is 8.07. The molecule has 21 heavy (non-hydrogen) atoms. The number of nitrogens with two attached hydrogens (primary N) is 1. The number of halogens is 1. The molecule has 2 rings (SSSR count). The molecule has 0 amide bonds. The second kappa shape index (κ2) is 6.55. The van der Waals surface area contributed by atoms with Crippen molar-refractivity contribution < 1.29 is 8.42 Å². The summed E-state index contributed by atoms with van der Waals surface area (Å²) < 4.78 is 28.1. The molecule has 0 heterocycles. The molecule has 1 saturated carbocycles. The third-order valence-electron chi connectivity index (χ3n) is 4.25. The van der Waals surface area contributed by atoms with E-state index in [2.05, 4.69) is 11.6 Å². The van der Waals surface area contributed by atoms with Gasteiger partial charge in [0.2, 0.25) is 10.0 Å². The van der Waals surface area contributed by atoms with Gasteiger partial charge >= 0.3 is 0 Å². The highest BCUT2D eigenvalue weighted by molar-refractivity contribution is 7.89. The molecule has 1 aliphatic carbocycles. The maximum atomic E-state index is 12.6. The number of nitrogens with one attached hydrogen (secondary N) is 1. The van der Waals surface area contributed by atoms with Gasteiger partial charge in [0.25, 0.3) is 0 Å². The Kier molecular flexibility index (Phi) is 5.17. The smallest absolute Gasteiger partial charge is 0.241 e. The molecule has 0 spiro atoms. The Bertz CT molecular complexity index is 616. The van der Waals surface area contributed by atoms with Gasteiger partial charge in [0.1, 0.15) is 0 Å². The van der Waals surface area contributed by atoms with Crippen LogP contribution >= 0.6 is 11.6 Å². The number of sulfonamides is 1. The van der Waals surface area contributed by atoms with E-state index in [1.807, 2.05) is 0 Å². The van der Waals surface area contributed by atoms with Crippen molar-refractivity contribution in [2.75, 3.05) is 5.73 Å². The maximum Gasteiger partial charge on any atom is 0.241 e. The van der Waals surface area contributed by atoms with Crippen molar-refractivity contribution >= 4 is 27.3 Å². The lowest BCUT2D eigenvalue weighted by Gasteiger charge is -2.23. The molecule has 1 fully saturated rings. The number of anilines is 1. The molecule has 1 aromatic rings. The van der Waals surface area contributed by atoms with Crippen molar-refractivity contribution in [3.63, 3.8) is 0 Å². The minimum atomic E-state index is -3.57. The van der Waals surface area contributed by atoms with Crippen LogP contribution in [0.25, 0.3) is 0 Å². The van der Waals surface area contributed by atoms with Crippen LogP contribution in [0.1, 0.15) is 44.6 Å². The largest absolute Gasteiger partial charge is 0.397 e. The minimum absolute atomic E-state index is 0.00574. The summed E-state index contributed by atoms with van der Waals surface area (Å²) in [6.45, 7) is 3.85. The van der Waals surface area contributed by atoms with Gasteiger partial charge in [-0.25, -0.2) is 13.1 Å². The topological polar surface area (TPSA) is 72.2 Å². The molecular weight excluding hydrogens is 308 g/mol. The highest BCUT2D eigenvalue weighted by Crippen LogP contribution is 2.28. The minimum Gasteiger partial charge on any atom is -0.397 e. The predicted octanol–water partition coefficient (Wildman–Crippen LogP) is 3.48. The summed E-state index contributed by atoms with van der Waals surface area (Å²) in [6, 6.07) is 3.04. The van der Waals surface area contributed by atoms with E-state index in [4.69, 9.17) is 17.3 Å². The van der Waals surface area contributed by atoms with E-state index < -0.39 is 10.0 Å². The molecule has 1 aliphatic rings. The molecular formula is C15H23ClN2O2S. The van der Waals surface area contributed by atoms with Crippen LogP contribution in [0.4, 0.5) is 5.69 Å². The highest BCUT2D eigenvalue weighted by atomic mass is 35.5. The van der Waals surface area contributed by atoms with Crippen LogP contribution < -0.4 is 10.5 Å². The lowest BCUT2D eigenvalue weighted by molar-refractivity contribution is 0.399. The summed E-state index contributed by atoms with van der Waals surface area (Å²) in [7, 11) is -3.57. The van der Waals surface area contributed by atoms with Crippen LogP contribution in [-0.2, 0) is 10.0 Å². The van der Waals surface area contributed by atoms with Gasteiger partial charge in [-0.3, -0.25) is 0 Å². The molecule has 1 aromatic carbocycles. The fourth-order valence-electron chi connectivity index (χ4n) is 2.89. The first kappa shape index (κ1) is 16.6. The Balaban J connectivity index is 2.27. The highest BCUT2D eigenvalue weighted by Gasteiger charge is 2.27. The zero-order valence-electron chi connectivity index (χ0n) is 12.5. The van der Waals surface area contributed by atoms with Crippen molar-refractivity contribution in [3.8, 4) is 0 Å². The van der Waals surface area contributed by atoms with Gasteiger partial charge in [-0.1, -0.05) is 37.8 Å². The van der Waals surface area contributed by atoms with Crippen LogP contribution in [0.5, 0.6) is 0 Å². The fourth-order valence-corrected chi connectivity index (χ4v) is 4.75. The monoisotopic (exact) mass is 330 g/mol. The van der Waals surface area contributed by atoms with Crippen LogP contribution in [0.3, 0.4) is 0 Å². The molecule has 0 radical (unpaired) electrons. The van der Waals surface area contributed by atoms with Crippen LogP contribution in [0.2, 0.25) is 5.02 Å². The Hall–Kier alpha value is -0.780. The Morgan fingerprint density at radius 2 is 1.90 bits per heavy atom. The maximum absolute atomic E-state index is 12.6. The number of benzene rings is 1.